The zero-order chi connectivity index (χ0) is 15.4. The van der Waals surface area contributed by atoms with Crippen molar-refractivity contribution in [2.75, 3.05) is 36.4 Å². The van der Waals surface area contributed by atoms with Crippen LogP contribution in [0.3, 0.4) is 0 Å². The number of anilines is 2. The third kappa shape index (κ3) is 3.26. The Morgan fingerprint density at radius 3 is 2.45 bits per heavy atom. The van der Waals surface area contributed by atoms with E-state index in [-0.39, 0.29) is 11.7 Å². The highest BCUT2D eigenvalue weighted by Gasteiger charge is 2.17. The van der Waals surface area contributed by atoms with Gasteiger partial charge in [-0.25, -0.2) is 4.39 Å². The number of nitrogens with zero attached hydrogens (tertiary/aromatic N) is 1. The molecule has 0 atom stereocenters. The first-order valence-corrected chi connectivity index (χ1v) is 7.35. The Bertz CT molecular complexity index is 651. The van der Waals surface area contributed by atoms with E-state index in [2.05, 4.69) is 15.5 Å². The van der Waals surface area contributed by atoms with Crippen molar-refractivity contribution in [1.29, 1.82) is 0 Å². The van der Waals surface area contributed by atoms with Crippen molar-refractivity contribution in [2.45, 2.75) is 0 Å². The third-order valence-electron chi connectivity index (χ3n) is 3.71. The molecule has 2 N–H and O–H groups in total. The van der Waals surface area contributed by atoms with Gasteiger partial charge in [0.25, 0.3) is 5.91 Å². The molecule has 0 unspecified atom stereocenters. The first kappa shape index (κ1) is 14.5. The summed E-state index contributed by atoms with van der Waals surface area (Å²) in [5, 5.41) is 6.12. The van der Waals surface area contributed by atoms with Crippen LogP contribution in [0.1, 0.15) is 10.4 Å². The number of rotatable bonds is 3. The van der Waals surface area contributed by atoms with Crippen LogP contribution in [0.4, 0.5) is 15.8 Å². The summed E-state index contributed by atoms with van der Waals surface area (Å²) in [6.45, 7) is 3.57. The number of halogens is 1. The van der Waals surface area contributed by atoms with Gasteiger partial charge < -0.3 is 15.5 Å². The first-order chi connectivity index (χ1) is 10.7. The Hall–Kier alpha value is -2.40. The standard InChI is InChI=1S/C17H18FN3O/c18-13-5-7-14(8-6-13)20-17(22)15-3-1-2-4-16(15)21-11-9-19-10-12-21/h1-8,19H,9-12H2,(H,20,22). The van der Waals surface area contributed by atoms with E-state index in [1.165, 1.54) is 12.1 Å². The zero-order valence-corrected chi connectivity index (χ0v) is 12.2. The SMILES string of the molecule is O=C(Nc1ccc(F)cc1)c1ccccc1N1CCNCC1. The molecule has 0 spiro atoms. The van der Waals surface area contributed by atoms with Gasteiger partial charge in [0.2, 0.25) is 0 Å². The van der Waals surface area contributed by atoms with Crippen molar-refractivity contribution in [3.05, 3.63) is 59.9 Å². The van der Waals surface area contributed by atoms with Gasteiger partial charge in [0.15, 0.2) is 0 Å². The predicted molar refractivity (Wildman–Crippen MR) is 85.9 cm³/mol. The number of carbonyl (C=O) groups excluding carboxylic acids is 1. The van der Waals surface area contributed by atoms with Crippen LogP contribution in [-0.4, -0.2) is 32.1 Å². The molecular weight excluding hydrogens is 281 g/mol. The molecule has 3 rings (SSSR count). The van der Waals surface area contributed by atoms with Gasteiger partial charge >= 0.3 is 0 Å². The fourth-order valence-electron chi connectivity index (χ4n) is 2.58. The van der Waals surface area contributed by atoms with Crippen molar-refractivity contribution >= 4 is 17.3 Å². The monoisotopic (exact) mass is 299 g/mol. The molecule has 1 heterocycles. The third-order valence-corrected chi connectivity index (χ3v) is 3.71. The van der Waals surface area contributed by atoms with Crippen LogP contribution in [0.15, 0.2) is 48.5 Å². The smallest absolute Gasteiger partial charge is 0.257 e. The van der Waals surface area contributed by atoms with E-state index in [9.17, 15) is 9.18 Å². The van der Waals surface area contributed by atoms with Crippen molar-refractivity contribution in [3.63, 3.8) is 0 Å². The fourth-order valence-corrected chi connectivity index (χ4v) is 2.58. The maximum Gasteiger partial charge on any atom is 0.257 e. The molecule has 1 aliphatic heterocycles. The number of benzene rings is 2. The lowest BCUT2D eigenvalue weighted by molar-refractivity contribution is 0.102. The highest BCUT2D eigenvalue weighted by atomic mass is 19.1. The normalized spacial score (nSPS) is 14.7. The molecule has 0 saturated carbocycles. The van der Waals surface area contributed by atoms with Crippen LogP contribution >= 0.6 is 0 Å². The predicted octanol–water partition coefficient (Wildman–Crippen LogP) is 2.49. The van der Waals surface area contributed by atoms with E-state index in [1.807, 2.05) is 24.3 Å². The Labute approximate surface area is 128 Å². The second-order valence-corrected chi connectivity index (χ2v) is 5.22. The molecule has 2 aromatic carbocycles. The quantitative estimate of drug-likeness (QED) is 0.915. The van der Waals surface area contributed by atoms with Crippen LogP contribution in [0, 0.1) is 5.82 Å². The molecule has 0 aliphatic carbocycles. The highest BCUT2D eigenvalue weighted by molar-refractivity contribution is 6.08. The second-order valence-electron chi connectivity index (χ2n) is 5.22. The lowest BCUT2D eigenvalue weighted by atomic mass is 10.1. The summed E-state index contributed by atoms with van der Waals surface area (Å²) in [6.07, 6.45) is 0. The minimum atomic E-state index is -0.320. The van der Waals surface area contributed by atoms with E-state index in [0.29, 0.717) is 11.3 Å². The lowest BCUT2D eigenvalue weighted by Crippen LogP contribution is -2.44. The first-order valence-electron chi connectivity index (χ1n) is 7.35. The highest BCUT2D eigenvalue weighted by Crippen LogP contribution is 2.22. The number of hydrogen-bond acceptors (Lipinski definition) is 3. The largest absolute Gasteiger partial charge is 0.368 e. The van der Waals surface area contributed by atoms with Crippen molar-refractivity contribution in [1.82, 2.24) is 5.32 Å². The average molecular weight is 299 g/mol. The van der Waals surface area contributed by atoms with E-state index in [4.69, 9.17) is 0 Å². The summed E-state index contributed by atoms with van der Waals surface area (Å²) < 4.78 is 12.9. The van der Waals surface area contributed by atoms with Crippen molar-refractivity contribution < 1.29 is 9.18 Å². The Morgan fingerprint density at radius 1 is 1.05 bits per heavy atom. The minimum Gasteiger partial charge on any atom is -0.368 e. The summed E-state index contributed by atoms with van der Waals surface area (Å²) in [4.78, 5) is 14.7. The molecule has 0 aromatic heterocycles. The van der Waals surface area contributed by atoms with Crippen LogP contribution in [0.5, 0.6) is 0 Å². The molecule has 2 aromatic rings. The molecule has 1 saturated heterocycles. The maximum atomic E-state index is 12.9. The number of hydrogen-bond donors (Lipinski definition) is 2. The average Bonchev–Trinajstić information content (AvgIpc) is 2.58. The Kier molecular flexibility index (Phi) is 4.34. The number of amides is 1. The van der Waals surface area contributed by atoms with Crippen molar-refractivity contribution in [3.8, 4) is 0 Å². The van der Waals surface area contributed by atoms with Gasteiger partial charge in [0.05, 0.1) is 5.56 Å². The van der Waals surface area contributed by atoms with Crippen LogP contribution in [0.2, 0.25) is 0 Å². The molecular formula is C17H18FN3O. The molecule has 1 amide bonds. The van der Waals surface area contributed by atoms with Gasteiger partial charge in [0.1, 0.15) is 5.82 Å². The summed E-state index contributed by atoms with van der Waals surface area (Å²) in [5.41, 5.74) is 2.15. The number of carbonyl (C=O) groups is 1. The van der Waals surface area contributed by atoms with Crippen LogP contribution in [-0.2, 0) is 0 Å². The molecule has 0 bridgehead atoms. The van der Waals surface area contributed by atoms with Gasteiger partial charge in [0, 0.05) is 37.6 Å². The van der Waals surface area contributed by atoms with E-state index >= 15 is 0 Å². The Morgan fingerprint density at radius 2 is 1.73 bits per heavy atom. The fraction of sp³-hybridized carbons (Fsp3) is 0.235. The second kappa shape index (κ2) is 6.58. The van der Waals surface area contributed by atoms with Gasteiger partial charge in [-0.05, 0) is 36.4 Å². The van der Waals surface area contributed by atoms with Crippen LogP contribution < -0.4 is 15.5 Å². The lowest BCUT2D eigenvalue weighted by Gasteiger charge is -2.30. The number of piperazine rings is 1. The summed E-state index contributed by atoms with van der Waals surface area (Å²) in [6, 6.07) is 13.3. The molecule has 4 nitrogen and oxygen atoms in total. The number of nitrogens with one attached hydrogen (secondary N) is 2. The molecule has 114 valence electrons. The van der Waals surface area contributed by atoms with E-state index in [0.717, 1.165) is 31.9 Å². The zero-order valence-electron chi connectivity index (χ0n) is 12.2. The van der Waals surface area contributed by atoms with Gasteiger partial charge in [-0.1, -0.05) is 12.1 Å². The maximum absolute atomic E-state index is 12.9. The van der Waals surface area contributed by atoms with Gasteiger partial charge in [-0.15, -0.1) is 0 Å². The number of para-hydroxylation sites is 1. The Balaban J connectivity index is 1.81. The summed E-state index contributed by atoms with van der Waals surface area (Å²) in [5.74, 6) is -0.500. The van der Waals surface area contributed by atoms with Crippen molar-refractivity contribution in [2.24, 2.45) is 0 Å². The molecule has 1 fully saturated rings. The molecule has 22 heavy (non-hydrogen) atoms. The summed E-state index contributed by atoms with van der Waals surface area (Å²) >= 11 is 0. The van der Waals surface area contributed by atoms with Gasteiger partial charge in [-0.3, -0.25) is 4.79 Å². The van der Waals surface area contributed by atoms with E-state index < -0.39 is 0 Å². The van der Waals surface area contributed by atoms with Crippen LogP contribution in [0.25, 0.3) is 0 Å². The molecule has 1 aliphatic rings. The topological polar surface area (TPSA) is 44.4 Å². The molecule has 0 radical (unpaired) electrons. The minimum absolute atomic E-state index is 0.180. The van der Waals surface area contributed by atoms with Gasteiger partial charge in [-0.2, -0.15) is 0 Å². The summed E-state index contributed by atoms with van der Waals surface area (Å²) in [7, 11) is 0. The van der Waals surface area contributed by atoms with E-state index in [1.54, 1.807) is 12.1 Å². The molecule has 5 heteroatoms.